The molecule has 1 N–H and O–H groups in total. The Kier molecular flexibility index (Phi) is 3.83. The molecule has 5 rings (SSSR count). The summed E-state index contributed by atoms with van der Waals surface area (Å²) in [4.78, 5) is 12.8. The van der Waals surface area contributed by atoms with Crippen LogP contribution < -0.4 is 0 Å². The number of thiophene rings is 1. The first-order valence-electron chi connectivity index (χ1n) is 9.94. The van der Waals surface area contributed by atoms with Crippen molar-refractivity contribution in [3.63, 3.8) is 0 Å². The van der Waals surface area contributed by atoms with Crippen LogP contribution in [0, 0.1) is 10.8 Å². The first-order chi connectivity index (χ1) is 13.6. The standard InChI is InChI=1S/C24H26O4S/c1-21(2,3)24-22(4,5)14-26-23(24,27-28-24)17-10-16(11-18(25)13-17)20-12-15-8-6-7-9-19(15)29-20/h6-13,25H,14H2,1-5H3. The molecule has 29 heavy (non-hydrogen) atoms. The molecule has 0 bridgehead atoms. The number of phenolic OH excluding ortho intramolecular Hbond substituents is 1. The second-order valence-corrected chi connectivity index (χ2v) is 10.9. The summed E-state index contributed by atoms with van der Waals surface area (Å²) in [5.41, 5.74) is 0.568. The van der Waals surface area contributed by atoms with Gasteiger partial charge in [0, 0.05) is 26.0 Å². The first-order valence-corrected chi connectivity index (χ1v) is 10.8. The van der Waals surface area contributed by atoms with Crippen molar-refractivity contribution in [3.05, 3.63) is 54.1 Å². The third-order valence-electron chi connectivity index (χ3n) is 6.40. The molecular weight excluding hydrogens is 384 g/mol. The first kappa shape index (κ1) is 19.1. The van der Waals surface area contributed by atoms with Crippen LogP contribution >= 0.6 is 11.3 Å². The van der Waals surface area contributed by atoms with Gasteiger partial charge in [0.25, 0.3) is 5.79 Å². The summed E-state index contributed by atoms with van der Waals surface area (Å²) in [6.07, 6.45) is 0. The van der Waals surface area contributed by atoms with Gasteiger partial charge in [-0.2, -0.15) is 4.89 Å². The molecule has 2 aliphatic heterocycles. The van der Waals surface area contributed by atoms with Gasteiger partial charge in [-0.15, -0.1) is 11.3 Å². The predicted octanol–water partition coefficient (Wildman–Crippen LogP) is 6.23. The molecule has 2 aromatic carbocycles. The van der Waals surface area contributed by atoms with E-state index in [9.17, 15) is 5.11 Å². The number of ether oxygens (including phenoxy) is 1. The zero-order chi connectivity index (χ0) is 20.7. The van der Waals surface area contributed by atoms with Gasteiger partial charge in [0.1, 0.15) is 5.75 Å². The zero-order valence-electron chi connectivity index (χ0n) is 17.4. The Bertz CT molecular complexity index is 1080. The lowest BCUT2D eigenvalue weighted by atomic mass is 9.57. The molecular formula is C24H26O4S. The average Bonchev–Trinajstić information content (AvgIpc) is 3.09. The Balaban J connectivity index is 1.68. The van der Waals surface area contributed by atoms with Crippen LogP contribution in [-0.2, 0) is 20.3 Å². The van der Waals surface area contributed by atoms with Crippen LogP contribution in [0.4, 0.5) is 0 Å². The minimum Gasteiger partial charge on any atom is -0.508 e. The summed E-state index contributed by atoms with van der Waals surface area (Å²) in [5.74, 6) is -0.852. The molecule has 2 saturated heterocycles. The highest BCUT2D eigenvalue weighted by Gasteiger charge is 2.81. The number of benzene rings is 2. The topological polar surface area (TPSA) is 47.9 Å². The van der Waals surface area contributed by atoms with Crippen molar-refractivity contribution in [3.8, 4) is 16.2 Å². The second kappa shape index (κ2) is 5.82. The zero-order valence-corrected chi connectivity index (χ0v) is 18.2. The molecule has 0 amide bonds. The Hall–Kier alpha value is -1.92. The van der Waals surface area contributed by atoms with Crippen molar-refractivity contribution in [1.82, 2.24) is 0 Å². The average molecular weight is 411 g/mol. The lowest BCUT2D eigenvalue weighted by molar-refractivity contribution is -0.626. The number of phenols is 1. The highest BCUT2D eigenvalue weighted by atomic mass is 32.1. The quantitative estimate of drug-likeness (QED) is 0.509. The maximum absolute atomic E-state index is 10.6. The molecule has 5 heteroatoms. The van der Waals surface area contributed by atoms with Crippen molar-refractivity contribution >= 4 is 21.4 Å². The molecule has 0 spiro atoms. The number of hydrogen-bond acceptors (Lipinski definition) is 5. The smallest absolute Gasteiger partial charge is 0.261 e. The van der Waals surface area contributed by atoms with Crippen LogP contribution in [0.2, 0.25) is 0 Å². The fourth-order valence-electron chi connectivity index (χ4n) is 5.30. The van der Waals surface area contributed by atoms with E-state index in [4.69, 9.17) is 14.5 Å². The highest BCUT2D eigenvalue weighted by Crippen LogP contribution is 2.69. The number of rotatable bonds is 2. The maximum atomic E-state index is 10.6. The van der Waals surface area contributed by atoms with E-state index in [-0.39, 0.29) is 16.6 Å². The SMILES string of the molecule is CC(C)(C)C12OOC1(c1cc(O)cc(-c3cc4ccccc4s3)c1)OCC2(C)C. The minimum atomic E-state index is -1.04. The maximum Gasteiger partial charge on any atom is 0.261 e. The molecule has 4 nitrogen and oxygen atoms in total. The predicted molar refractivity (Wildman–Crippen MR) is 115 cm³/mol. The molecule has 2 atom stereocenters. The summed E-state index contributed by atoms with van der Waals surface area (Å²) < 4.78 is 7.54. The normalized spacial score (nSPS) is 28.3. The van der Waals surface area contributed by atoms with E-state index < -0.39 is 11.4 Å². The van der Waals surface area contributed by atoms with Crippen molar-refractivity contribution in [2.45, 2.75) is 46.0 Å². The van der Waals surface area contributed by atoms with E-state index in [1.165, 1.54) is 10.1 Å². The van der Waals surface area contributed by atoms with Crippen molar-refractivity contribution in [2.75, 3.05) is 6.61 Å². The molecule has 0 aliphatic carbocycles. The summed E-state index contributed by atoms with van der Waals surface area (Å²) >= 11 is 1.71. The Labute approximate surface area is 175 Å². The van der Waals surface area contributed by atoms with Gasteiger partial charge in [-0.3, -0.25) is 0 Å². The number of aromatic hydroxyl groups is 1. The van der Waals surface area contributed by atoms with Gasteiger partial charge >= 0.3 is 0 Å². The van der Waals surface area contributed by atoms with E-state index in [2.05, 4.69) is 58.9 Å². The van der Waals surface area contributed by atoms with E-state index >= 15 is 0 Å². The summed E-state index contributed by atoms with van der Waals surface area (Å²) in [6, 6.07) is 16.1. The van der Waals surface area contributed by atoms with Crippen molar-refractivity contribution < 1.29 is 19.6 Å². The molecule has 1 aromatic heterocycles. The van der Waals surface area contributed by atoms with Gasteiger partial charge in [-0.1, -0.05) is 52.8 Å². The van der Waals surface area contributed by atoms with Gasteiger partial charge in [0.05, 0.1) is 6.61 Å². The van der Waals surface area contributed by atoms with Crippen LogP contribution in [0.25, 0.3) is 20.5 Å². The second-order valence-electron chi connectivity index (χ2n) is 9.80. The van der Waals surface area contributed by atoms with E-state index in [1.807, 2.05) is 12.1 Å². The molecule has 2 unspecified atom stereocenters. The molecule has 3 aromatic rings. The van der Waals surface area contributed by atoms with Crippen LogP contribution in [0.3, 0.4) is 0 Å². The molecule has 2 fully saturated rings. The monoisotopic (exact) mass is 410 g/mol. The Morgan fingerprint density at radius 3 is 2.41 bits per heavy atom. The van der Waals surface area contributed by atoms with Crippen LogP contribution in [0.15, 0.2) is 48.5 Å². The van der Waals surface area contributed by atoms with Gasteiger partial charge in [-0.25, -0.2) is 4.89 Å². The van der Waals surface area contributed by atoms with Crippen LogP contribution in [0.1, 0.15) is 40.2 Å². The molecule has 2 aliphatic rings. The van der Waals surface area contributed by atoms with Gasteiger partial charge < -0.3 is 9.84 Å². The Morgan fingerprint density at radius 2 is 1.76 bits per heavy atom. The minimum absolute atomic E-state index is 0.191. The van der Waals surface area contributed by atoms with Gasteiger partial charge in [0.2, 0.25) is 0 Å². The third-order valence-corrected chi connectivity index (χ3v) is 7.57. The largest absolute Gasteiger partial charge is 0.508 e. The van der Waals surface area contributed by atoms with Crippen molar-refractivity contribution in [2.24, 2.45) is 10.8 Å². The van der Waals surface area contributed by atoms with Gasteiger partial charge in [-0.05, 0) is 41.3 Å². The lowest BCUT2D eigenvalue weighted by Crippen LogP contribution is -2.73. The molecule has 3 heterocycles. The number of fused-ring (bicyclic) bond motifs is 2. The van der Waals surface area contributed by atoms with Crippen LogP contribution in [0.5, 0.6) is 5.75 Å². The molecule has 0 radical (unpaired) electrons. The van der Waals surface area contributed by atoms with Gasteiger partial charge in [0.15, 0.2) is 5.60 Å². The summed E-state index contributed by atoms with van der Waals surface area (Å²) in [6.45, 7) is 11.3. The summed E-state index contributed by atoms with van der Waals surface area (Å²) in [5, 5.41) is 11.8. The fraction of sp³-hybridized carbons (Fsp3) is 0.417. The third kappa shape index (κ3) is 2.36. The summed E-state index contributed by atoms with van der Waals surface area (Å²) in [7, 11) is 0. The van der Waals surface area contributed by atoms with Crippen molar-refractivity contribution in [1.29, 1.82) is 0 Å². The Morgan fingerprint density at radius 1 is 1.00 bits per heavy atom. The van der Waals surface area contributed by atoms with Crippen LogP contribution in [-0.4, -0.2) is 17.3 Å². The lowest BCUT2D eigenvalue weighted by Gasteiger charge is -2.61. The highest BCUT2D eigenvalue weighted by molar-refractivity contribution is 7.22. The fourth-order valence-corrected chi connectivity index (χ4v) is 6.35. The van der Waals surface area contributed by atoms with E-state index in [0.717, 1.165) is 16.0 Å². The van der Waals surface area contributed by atoms with E-state index in [1.54, 1.807) is 23.5 Å². The van der Waals surface area contributed by atoms with E-state index in [0.29, 0.717) is 6.61 Å². The number of hydrogen-bond donors (Lipinski definition) is 1. The molecule has 152 valence electrons. The molecule has 0 saturated carbocycles.